The molecule has 1 aromatic carbocycles. The van der Waals surface area contributed by atoms with Gasteiger partial charge in [0.05, 0.1) is 12.0 Å². The Bertz CT molecular complexity index is 601. The van der Waals surface area contributed by atoms with Crippen LogP contribution in [0.2, 0.25) is 0 Å². The molecule has 0 saturated carbocycles. The first kappa shape index (κ1) is 16.5. The molecule has 0 aliphatic rings. The lowest BCUT2D eigenvalue weighted by Gasteiger charge is -2.24. The number of methoxy groups -OCH3 is 1. The van der Waals surface area contributed by atoms with Gasteiger partial charge in [-0.3, -0.25) is 4.79 Å². The van der Waals surface area contributed by atoms with Crippen molar-refractivity contribution in [1.82, 2.24) is 4.31 Å². The van der Waals surface area contributed by atoms with Crippen molar-refractivity contribution < 1.29 is 26.7 Å². The summed E-state index contributed by atoms with van der Waals surface area (Å²) in [4.78, 5) is 10.8. The summed E-state index contributed by atoms with van der Waals surface area (Å²) in [5.41, 5.74) is 0. The predicted octanol–water partition coefficient (Wildman–Crippen LogP) is 1.54. The Morgan fingerprint density at radius 3 is 2.35 bits per heavy atom. The van der Waals surface area contributed by atoms with Gasteiger partial charge < -0.3 is 4.74 Å². The fourth-order valence-electron chi connectivity index (χ4n) is 1.51. The van der Waals surface area contributed by atoms with Crippen LogP contribution in [0.1, 0.15) is 13.8 Å². The number of hydrogen-bond donors (Lipinski definition) is 0. The standard InChI is InChI=1S/C12H15F2NO4S/c1-8(2)15(7-12(16)19-3)20(17,18)9-4-5-10(13)11(14)6-9/h4-6,8H,7H2,1-3H3. The van der Waals surface area contributed by atoms with Crippen molar-refractivity contribution in [3.8, 4) is 0 Å². The van der Waals surface area contributed by atoms with Crippen molar-refractivity contribution in [1.29, 1.82) is 0 Å². The third-order valence-corrected chi connectivity index (χ3v) is 4.60. The van der Waals surface area contributed by atoms with E-state index in [9.17, 15) is 22.0 Å². The van der Waals surface area contributed by atoms with Crippen LogP contribution >= 0.6 is 0 Å². The Hall–Kier alpha value is -1.54. The molecule has 0 saturated heterocycles. The summed E-state index contributed by atoms with van der Waals surface area (Å²) in [5.74, 6) is -3.16. The van der Waals surface area contributed by atoms with E-state index < -0.39 is 45.1 Å². The van der Waals surface area contributed by atoms with Gasteiger partial charge in [0.25, 0.3) is 0 Å². The summed E-state index contributed by atoms with van der Waals surface area (Å²) in [6.45, 7) is 2.61. The van der Waals surface area contributed by atoms with Gasteiger partial charge in [-0.25, -0.2) is 17.2 Å². The van der Waals surface area contributed by atoms with E-state index in [-0.39, 0.29) is 0 Å². The SMILES string of the molecule is COC(=O)CN(C(C)C)S(=O)(=O)c1ccc(F)c(F)c1. The second-order valence-electron chi connectivity index (χ2n) is 4.30. The van der Waals surface area contributed by atoms with E-state index in [2.05, 4.69) is 4.74 Å². The maximum atomic E-state index is 13.2. The zero-order valence-electron chi connectivity index (χ0n) is 11.3. The van der Waals surface area contributed by atoms with Gasteiger partial charge >= 0.3 is 5.97 Å². The number of nitrogens with zero attached hydrogens (tertiary/aromatic N) is 1. The van der Waals surface area contributed by atoms with Crippen LogP contribution in [0.5, 0.6) is 0 Å². The number of rotatable bonds is 5. The molecule has 112 valence electrons. The van der Waals surface area contributed by atoms with Crippen LogP contribution in [0.4, 0.5) is 8.78 Å². The first-order valence-corrected chi connectivity index (χ1v) is 7.18. The van der Waals surface area contributed by atoms with Gasteiger partial charge in [0.15, 0.2) is 11.6 Å². The van der Waals surface area contributed by atoms with E-state index in [4.69, 9.17) is 0 Å². The highest BCUT2D eigenvalue weighted by atomic mass is 32.2. The highest BCUT2D eigenvalue weighted by Gasteiger charge is 2.30. The smallest absolute Gasteiger partial charge is 0.321 e. The van der Waals surface area contributed by atoms with Gasteiger partial charge in [-0.2, -0.15) is 4.31 Å². The van der Waals surface area contributed by atoms with E-state index in [1.807, 2.05) is 0 Å². The van der Waals surface area contributed by atoms with Crippen LogP contribution in [0.15, 0.2) is 23.1 Å². The van der Waals surface area contributed by atoms with E-state index in [1.54, 1.807) is 13.8 Å². The van der Waals surface area contributed by atoms with Crippen LogP contribution < -0.4 is 0 Å². The molecule has 0 fully saturated rings. The lowest BCUT2D eigenvalue weighted by Crippen LogP contribution is -2.41. The Kier molecular flexibility index (Phi) is 5.18. The van der Waals surface area contributed by atoms with Crippen molar-refractivity contribution in [2.75, 3.05) is 13.7 Å². The zero-order chi connectivity index (χ0) is 15.5. The molecular weight excluding hydrogens is 292 g/mol. The van der Waals surface area contributed by atoms with Crippen molar-refractivity contribution in [3.05, 3.63) is 29.8 Å². The average Bonchev–Trinajstić information content (AvgIpc) is 2.37. The molecular formula is C12H15F2NO4S. The van der Waals surface area contributed by atoms with Gasteiger partial charge in [0, 0.05) is 6.04 Å². The van der Waals surface area contributed by atoms with E-state index >= 15 is 0 Å². The molecule has 1 aromatic rings. The molecule has 0 bridgehead atoms. The maximum Gasteiger partial charge on any atom is 0.321 e. The molecule has 0 aliphatic heterocycles. The predicted molar refractivity (Wildman–Crippen MR) is 67.4 cm³/mol. The third-order valence-electron chi connectivity index (χ3n) is 2.59. The quantitative estimate of drug-likeness (QED) is 0.774. The average molecular weight is 307 g/mol. The molecule has 0 aliphatic carbocycles. The highest BCUT2D eigenvalue weighted by molar-refractivity contribution is 7.89. The summed E-state index contributed by atoms with van der Waals surface area (Å²) >= 11 is 0. The van der Waals surface area contributed by atoms with Gasteiger partial charge in [-0.15, -0.1) is 0 Å². The molecule has 0 N–H and O–H groups in total. The maximum absolute atomic E-state index is 13.2. The molecule has 8 heteroatoms. The van der Waals surface area contributed by atoms with Crippen LogP contribution in [0.3, 0.4) is 0 Å². The summed E-state index contributed by atoms with van der Waals surface area (Å²) in [5, 5.41) is 0. The minimum Gasteiger partial charge on any atom is -0.468 e. The normalized spacial score (nSPS) is 11.9. The third kappa shape index (κ3) is 3.51. The fourth-order valence-corrected chi connectivity index (χ4v) is 3.10. The van der Waals surface area contributed by atoms with Gasteiger partial charge in [-0.1, -0.05) is 0 Å². The largest absolute Gasteiger partial charge is 0.468 e. The van der Waals surface area contributed by atoms with E-state index in [0.717, 1.165) is 23.5 Å². The number of halogens is 2. The molecule has 0 spiro atoms. The van der Waals surface area contributed by atoms with Crippen LogP contribution in [-0.2, 0) is 19.6 Å². The summed E-state index contributed by atoms with van der Waals surface area (Å²) in [7, 11) is -2.99. The van der Waals surface area contributed by atoms with E-state index in [1.165, 1.54) is 0 Å². The molecule has 0 atom stereocenters. The van der Waals surface area contributed by atoms with Crippen LogP contribution in [0, 0.1) is 11.6 Å². The molecule has 0 amide bonds. The number of carbonyl (C=O) groups excluding carboxylic acids is 1. The van der Waals surface area contributed by atoms with Crippen LogP contribution in [-0.4, -0.2) is 38.4 Å². The summed E-state index contributed by atoms with van der Waals surface area (Å²) < 4.78 is 55.9. The topological polar surface area (TPSA) is 63.7 Å². The van der Waals surface area contributed by atoms with Crippen molar-refractivity contribution in [2.45, 2.75) is 24.8 Å². The summed E-state index contributed by atoms with van der Waals surface area (Å²) in [6.07, 6.45) is 0. The Balaban J connectivity index is 3.22. The lowest BCUT2D eigenvalue weighted by molar-refractivity contribution is -0.141. The lowest BCUT2D eigenvalue weighted by atomic mass is 10.3. The van der Waals surface area contributed by atoms with Gasteiger partial charge in [-0.05, 0) is 32.0 Å². The van der Waals surface area contributed by atoms with Gasteiger partial charge in [0.2, 0.25) is 10.0 Å². The zero-order valence-corrected chi connectivity index (χ0v) is 12.1. The number of esters is 1. The molecule has 1 rings (SSSR count). The van der Waals surface area contributed by atoms with E-state index in [0.29, 0.717) is 6.07 Å². The summed E-state index contributed by atoms with van der Waals surface area (Å²) in [6, 6.07) is 1.70. The number of hydrogen-bond acceptors (Lipinski definition) is 4. The Morgan fingerprint density at radius 2 is 1.90 bits per heavy atom. The van der Waals surface area contributed by atoms with Crippen molar-refractivity contribution in [3.63, 3.8) is 0 Å². The molecule has 5 nitrogen and oxygen atoms in total. The second kappa shape index (κ2) is 6.27. The van der Waals surface area contributed by atoms with Crippen LogP contribution in [0.25, 0.3) is 0 Å². The minimum atomic E-state index is -4.12. The Morgan fingerprint density at radius 1 is 1.30 bits per heavy atom. The molecule has 0 unspecified atom stereocenters. The molecule has 0 heterocycles. The first-order valence-electron chi connectivity index (χ1n) is 5.74. The number of carbonyl (C=O) groups is 1. The van der Waals surface area contributed by atoms with Gasteiger partial charge in [0.1, 0.15) is 6.54 Å². The number of ether oxygens (including phenoxy) is 1. The monoisotopic (exact) mass is 307 g/mol. The van der Waals surface area contributed by atoms with Crippen molar-refractivity contribution >= 4 is 16.0 Å². The van der Waals surface area contributed by atoms with Crippen molar-refractivity contribution in [2.24, 2.45) is 0 Å². The number of sulfonamides is 1. The molecule has 0 radical (unpaired) electrons. The number of benzene rings is 1. The second-order valence-corrected chi connectivity index (χ2v) is 6.19. The fraction of sp³-hybridized carbons (Fsp3) is 0.417. The molecule has 0 aromatic heterocycles. The minimum absolute atomic E-state index is 0.422. The highest BCUT2D eigenvalue weighted by Crippen LogP contribution is 2.20. The first-order chi connectivity index (χ1) is 9.20. The Labute approximate surface area is 116 Å². The molecule has 20 heavy (non-hydrogen) atoms.